The van der Waals surface area contributed by atoms with E-state index in [0.29, 0.717) is 21.7 Å². The van der Waals surface area contributed by atoms with Crippen LogP contribution in [0.5, 0.6) is 0 Å². The number of amides is 1. The molecule has 0 saturated heterocycles. The molecule has 128 valence electrons. The Kier molecular flexibility index (Phi) is 5.72. The van der Waals surface area contributed by atoms with Gasteiger partial charge in [0.1, 0.15) is 5.69 Å². The summed E-state index contributed by atoms with van der Waals surface area (Å²) in [6.07, 6.45) is 1.70. The summed E-state index contributed by atoms with van der Waals surface area (Å²) in [6, 6.07) is 10.9. The molecule has 0 aliphatic heterocycles. The van der Waals surface area contributed by atoms with Crippen molar-refractivity contribution < 1.29 is 4.79 Å². The zero-order valence-corrected chi connectivity index (χ0v) is 16.3. The lowest BCUT2D eigenvalue weighted by Crippen LogP contribution is -2.14. The molecule has 1 amide bonds. The van der Waals surface area contributed by atoms with Gasteiger partial charge in [0.2, 0.25) is 5.91 Å². The van der Waals surface area contributed by atoms with Crippen molar-refractivity contribution in [1.29, 1.82) is 0 Å². The van der Waals surface area contributed by atoms with Gasteiger partial charge in [0.05, 0.1) is 16.5 Å². The van der Waals surface area contributed by atoms with Crippen molar-refractivity contribution in [3.63, 3.8) is 0 Å². The fourth-order valence-electron chi connectivity index (χ4n) is 2.07. The number of carbonyl (C=O) groups excluding carboxylic acids is 1. The van der Waals surface area contributed by atoms with Gasteiger partial charge < -0.3 is 9.88 Å². The average Bonchev–Trinajstić information content (AvgIpc) is 2.97. The molecule has 0 bridgehead atoms. The largest absolute Gasteiger partial charge is 0.324 e. The number of benzene rings is 1. The fraction of sp³-hybridized carbons (Fsp3) is 0.125. The molecule has 0 fully saturated rings. The third-order valence-electron chi connectivity index (χ3n) is 3.27. The fourth-order valence-corrected chi connectivity index (χ4v) is 3.50. The van der Waals surface area contributed by atoms with Crippen LogP contribution in [0.1, 0.15) is 0 Å². The standard InChI is InChI=1S/C16H13BrClN5OS/c1-23-15(13-4-2-3-7-19-13)21-22-16(23)25-9-14(24)20-12-6-5-10(17)8-11(12)18/h2-8H,9H2,1H3,(H,20,24). The number of hydrogen-bond donors (Lipinski definition) is 1. The summed E-state index contributed by atoms with van der Waals surface area (Å²) in [4.78, 5) is 16.4. The van der Waals surface area contributed by atoms with Crippen molar-refractivity contribution in [1.82, 2.24) is 19.7 Å². The second-order valence-electron chi connectivity index (χ2n) is 5.04. The van der Waals surface area contributed by atoms with E-state index in [9.17, 15) is 4.79 Å². The molecule has 3 rings (SSSR count). The highest BCUT2D eigenvalue weighted by Gasteiger charge is 2.14. The Morgan fingerprint density at radius 2 is 2.16 bits per heavy atom. The van der Waals surface area contributed by atoms with Gasteiger partial charge in [-0.3, -0.25) is 9.78 Å². The number of carbonyl (C=O) groups is 1. The van der Waals surface area contributed by atoms with Crippen molar-refractivity contribution in [2.45, 2.75) is 5.16 Å². The molecule has 9 heteroatoms. The first kappa shape index (κ1) is 17.9. The maximum atomic E-state index is 12.1. The van der Waals surface area contributed by atoms with E-state index in [1.54, 1.807) is 18.3 Å². The predicted molar refractivity (Wildman–Crippen MR) is 103 cm³/mol. The molecule has 25 heavy (non-hydrogen) atoms. The Bertz CT molecular complexity index is 903. The lowest BCUT2D eigenvalue weighted by atomic mass is 10.3. The number of rotatable bonds is 5. The molecule has 1 aromatic carbocycles. The van der Waals surface area contributed by atoms with Gasteiger partial charge in [0.15, 0.2) is 11.0 Å². The zero-order chi connectivity index (χ0) is 17.8. The first-order valence-corrected chi connectivity index (χ1v) is 9.39. The van der Waals surface area contributed by atoms with Crippen molar-refractivity contribution in [3.05, 3.63) is 52.1 Å². The monoisotopic (exact) mass is 437 g/mol. The summed E-state index contributed by atoms with van der Waals surface area (Å²) in [5.41, 5.74) is 1.30. The van der Waals surface area contributed by atoms with Crippen LogP contribution in [0.15, 0.2) is 52.2 Å². The molecule has 2 heterocycles. The van der Waals surface area contributed by atoms with Crippen LogP contribution < -0.4 is 5.32 Å². The van der Waals surface area contributed by atoms with Gasteiger partial charge in [-0.15, -0.1) is 10.2 Å². The molecule has 0 radical (unpaired) electrons. The summed E-state index contributed by atoms with van der Waals surface area (Å²) in [6.45, 7) is 0. The zero-order valence-electron chi connectivity index (χ0n) is 13.1. The van der Waals surface area contributed by atoms with E-state index < -0.39 is 0 Å². The molecular weight excluding hydrogens is 426 g/mol. The topological polar surface area (TPSA) is 72.7 Å². The first-order chi connectivity index (χ1) is 12.0. The minimum Gasteiger partial charge on any atom is -0.324 e. The number of thioether (sulfide) groups is 1. The second kappa shape index (κ2) is 7.99. The van der Waals surface area contributed by atoms with Crippen LogP contribution in [0, 0.1) is 0 Å². The van der Waals surface area contributed by atoms with E-state index in [-0.39, 0.29) is 11.7 Å². The maximum absolute atomic E-state index is 12.1. The highest BCUT2D eigenvalue weighted by Crippen LogP contribution is 2.26. The Morgan fingerprint density at radius 1 is 1.32 bits per heavy atom. The van der Waals surface area contributed by atoms with E-state index in [0.717, 1.165) is 10.2 Å². The van der Waals surface area contributed by atoms with E-state index in [4.69, 9.17) is 11.6 Å². The number of nitrogens with zero attached hydrogens (tertiary/aromatic N) is 4. The number of hydrogen-bond acceptors (Lipinski definition) is 5. The van der Waals surface area contributed by atoms with Crippen molar-refractivity contribution in [2.75, 3.05) is 11.1 Å². The Hall–Kier alpha value is -1.90. The summed E-state index contributed by atoms with van der Waals surface area (Å²) in [7, 11) is 1.84. The molecular formula is C16H13BrClN5OS. The number of halogens is 2. The van der Waals surface area contributed by atoms with Gasteiger partial charge in [0, 0.05) is 17.7 Å². The van der Waals surface area contributed by atoms with Crippen LogP contribution >= 0.6 is 39.3 Å². The molecule has 0 atom stereocenters. The van der Waals surface area contributed by atoms with E-state index in [1.807, 2.05) is 35.9 Å². The van der Waals surface area contributed by atoms with Crippen molar-refractivity contribution in [3.8, 4) is 11.5 Å². The molecule has 0 saturated carbocycles. The van der Waals surface area contributed by atoms with Crippen LogP contribution in [0.4, 0.5) is 5.69 Å². The Morgan fingerprint density at radius 3 is 2.88 bits per heavy atom. The molecule has 6 nitrogen and oxygen atoms in total. The van der Waals surface area contributed by atoms with Crippen LogP contribution in [0.25, 0.3) is 11.5 Å². The van der Waals surface area contributed by atoms with Gasteiger partial charge in [-0.1, -0.05) is 45.4 Å². The molecule has 2 aromatic heterocycles. The number of aromatic nitrogens is 4. The molecule has 0 aliphatic carbocycles. The van der Waals surface area contributed by atoms with E-state index in [2.05, 4.69) is 36.4 Å². The van der Waals surface area contributed by atoms with Gasteiger partial charge >= 0.3 is 0 Å². The van der Waals surface area contributed by atoms with Crippen LogP contribution in [0.2, 0.25) is 5.02 Å². The molecule has 3 aromatic rings. The van der Waals surface area contributed by atoms with Gasteiger partial charge in [-0.25, -0.2) is 0 Å². The van der Waals surface area contributed by atoms with E-state index in [1.165, 1.54) is 11.8 Å². The third-order valence-corrected chi connectivity index (χ3v) is 5.09. The van der Waals surface area contributed by atoms with Crippen LogP contribution in [0.3, 0.4) is 0 Å². The Labute approximate surface area is 162 Å². The highest BCUT2D eigenvalue weighted by atomic mass is 79.9. The number of pyridine rings is 1. The van der Waals surface area contributed by atoms with Gasteiger partial charge in [-0.05, 0) is 30.3 Å². The van der Waals surface area contributed by atoms with Crippen LogP contribution in [-0.4, -0.2) is 31.4 Å². The summed E-state index contributed by atoms with van der Waals surface area (Å²) in [5.74, 6) is 0.677. The summed E-state index contributed by atoms with van der Waals surface area (Å²) >= 11 is 10.7. The number of anilines is 1. The minimum absolute atomic E-state index is 0.170. The van der Waals surface area contributed by atoms with Gasteiger partial charge in [0.25, 0.3) is 0 Å². The van der Waals surface area contributed by atoms with Gasteiger partial charge in [-0.2, -0.15) is 0 Å². The first-order valence-electron chi connectivity index (χ1n) is 7.23. The molecule has 0 aliphatic rings. The van der Waals surface area contributed by atoms with Crippen molar-refractivity contribution >= 4 is 50.9 Å². The summed E-state index contributed by atoms with van der Waals surface area (Å²) < 4.78 is 2.67. The normalized spacial score (nSPS) is 10.7. The molecule has 0 unspecified atom stereocenters. The quantitative estimate of drug-likeness (QED) is 0.609. The number of nitrogens with one attached hydrogen (secondary N) is 1. The highest BCUT2D eigenvalue weighted by molar-refractivity contribution is 9.10. The molecule has 0 spiro atoms. The molecule has 1 N–H and O–H groups in total. The lowest BCUT2D eigenvalue weighted by Gasteiger charge is -2.07. The third kappa shape index (κ3) is 4.39. The average molecular weight is 439 g/mol. The van der Waals surface area contributed by atoms with Crippen LogP contribution in [-0.2, 0) is 11.8 Å². The Balaban J connectivity index is 1.64. The minimum atomic E-state index is -0.170. The van der Waals surface area contributed by atoms with E-state index >= 15 is 0 Å². The second-order valence-corrected chi connectivity index (χ2v) is 7.31. The maximum Gasteiger partial charge on any atom is 0.234 e. The lowest BCUT2D eigenvalue weighted by molar-refractivity contribution is -0.113. The summed E-state index contributed by atoms with van der Waals surface area (Å²) in [5, 5.41) is 12.2. The predicted octanol–water partition coefficient (Wildman–Crippen LogP) is 4.02. The van der Waals surface area contributed by atoms with Crippen molar-refractivity contribution in [2.24, 2.45) is 7.05 Å². The smallest absolute Gasteiger partial charge is 0.234 e. The SMILES string of the molecule is Cn1c(SCC(=O)Nc2ccc(Br)cc2Cl)nnc1-c1ccccn1.